The van der Waals surface area contributed by atoms with Gasteiger partial charge in [0.05, 0.1) is 12.6 Å². The van der Waals surface area contributed by atoms with E-state index in [4.69, 9.17) is 5.26 Å². The third kappa shape index (κ3) is 4.19. The van der Waals surface area contributed by atoms with Crippen molar-refractivity contribution in [3.8, 4) is 6.07 Å². The highest BCUT2D eigenvalue weighted by atomic mass is 16.2. The molecule has 0 aliphatic heterocycles. The number of likely N-dealkylation sites (N-methyl/N-ethyl adjacent to an activating group) is 1. The van der Waals surface area contributed by atoms with E-state index in [9.17, 15) is 4.79 Å². The molecule has 1 fully saturated rings. The Kier molecular flexibility index (Phi) is 4.75. The van der Waals surface area contributed by atoms with Gasteiger partial charge in [-0.3, -0.25) is 9.69 Å². The Morgan fingerprint density at radius 1 is 1.56 bits per heavy atom. The Labute approximate surface area is 97.6 Å². The molecule has 0 heterocycles. The highest BCUT2D eigenvalue weighted by Crippen LogP contribution is 2.48. The van der Waals surface area contributed by atoms with Crippen LogP contribution in [0.2, 0.25) is 0 Å². The number of hydrogen-bond donors (Lipinski definition) is 1. The van der Waals surface area contributed by atoms with Gasteiger partial charge < -0.3 is 5.32 Å². The Balaban J connectivity index is 2.23. The highest BCUT2D eigenvalue weighted by Gasteiger charge is 2.43. The molecule has 1 amide bonds. The van der Waals surface area contributed by atoms with Crippen molar-refractivity contribution in [2.45, 2.75) is 32.6 Å². The molecular formula is C12H21N3O. The molecule has 0 radical (unpaired) electrons. The third-order valence-electron chi connectivity index (χ3n) is 3.00. The fraction of sp³-hybridized carbons (Fsp3) is 0.833. The molecule has 16 heavy (non-hydrogen) atoms. The second-order valence-corrected chi connectivity index (χ2v) is 4.86. The summed E-state index contributed by atoms with van der Waals surface area (Å²) in [5, 5.41) is 11.6. The zero-order valence-electron chi connectivity index (χ0n) is 10.3. The molecule has 90 valence electrons. The zero-order valence-corrected chi connectivity index (χ0v) is 10.3. The van der Waals surface area contributed by atoms with Crippen LogP contribution in [0.3, 0.4) is 0 Å². The van der Waals surface area contributed by atoms with Crippen LogP contribution in [0.25, 0.3) is 0 Å². The normalized spacial score (nSPS) is 16.9. The monoisotopic (exact) mass is 223 g/mol. The second kappa shape index (κ2) is 5.86. The summed E-state index contributed by atoms with van der Waals surface area (Å²) in [6.45, 7) is 4.08. The van der Waals surface area contributed by atoms with E-state index in [0.29, 0.717) is 13.0 Å². The van der Waals surface area contributed by atoms with Gasteiger partial charge in [0.25, 0.3) is 0 Å². The van der Waals surface area contributed by atoms with Crippen molar-refractivity contribution in [1.29, 1.82) is 5.26 Å². The minimum absolute atomic E-state index is 0.0807. The fourth-order valence-electron chi connectivity index (χ4n) is 1.93. The molecule has 1 N–H and O–H groups in total. The topological polar surface area (TPSA) is 56.1 Å². The van der Waals surface area contributed by atoms with Crippen LogP contribution in [-0.2, 0) is 4.79 Å². The maximum atomic E-state index is 11.5. The van der Waals surface area contributed by atoms with Crippen molar-refractivity contribution in [2.24, 2.45) is 5.41 Å². The van der Waals surface area contributed by atoms with Crippen molar-refractivity contribution >= 4 is 5.91 Å². The van der Waals surface area contributed by atoms with Crippen LogP contribution >= 0.6 is 0 Å². The summed E-state index contributed by atoms with van der Waals surface area (Å²) in [4.78, 5) is 13.5. The van der Waals surface area contributed by atoms with Crippen molar-refractivity contribution in [3.05, 3.63) is 0 Å². The lowest BCUT2D eigenvalue weighted by atomic mass is 10.0. The van der Waals surface area contributed by atoms with Crippen LogP contribution in [0.5, 0.6) is 0 Å². The van der Waals surface area contributed by atoms with Crippen LogP contribution in [0, 0.1) is 16.7 Å². The van der Waals surface area contributed by atoms with E-state index in [1.165, 1.54) is 0 Å². The van der Waals surface area contributed by atoms with Gasteiger partial charge in [-0.05, 0) is 31.7 Å². The van der Waals surface area contributed by atoms with Gasteiger partial charge in [-0.1, -0.05) is 6.92 Å². The lowest BCUT2D eigenvalue weighted by Gasteiger charge is -2.21. The third-order valence-corrected chi connectivity index (χ3v) is 3.00. The van der Waals surface area contributed by atoms with Gasteiger partial charge >= 0.3 is 0 Å². The highest BCUT2D eigenvalue weighted by molar-refractivity contribution is 5.77. The SMILES string of the molecule is CCCNC(=O)CN(C)CC1(CC#N)CC1. The fourth-order valence-corrected chi connectivity index (χ4v) is 1.93. The first-order valence-corrected chi connectivity index (χ1v) is 5.94. The molecule has 4 nitrogen and oxygen atoms in total. The van der Waals surface area contributed by atoms with Crippen LogP contribution < -0.4 is 5.32 Å². The van der Waals surface area contributed by atoms with Gasteiger partial charge in [-0.25, -0.2) is 0 Å². The second-order valence-electron chi connectivity index (χ2n) is 4.86. The van der Waals surface area contributed by atoms with Crippen LogP contribution in [0.1, 0.15) is 32.6 Å². The summed E-state index contributed by atoms with van der Waals surface area (Å²) in [5.74, 6) is 0.0807. The average Bonchev–Trinajstić information content (AvgIpc) is 2.95. The molecule has 0 aromatic heterocycles. The number of nitrogens with zero attached hydrogens (tertiary/aromatic N) is 2. The smallest absolute Gasteiger partial charge is 0.234 e. The molecule has 0 spiro atoms. The predicted molar refractivity (Wildman–Crippen MR) is 62.7 cm³/mol. The summed E-state index contributed by atoms with van der Waals surface area (Å²) in [6.07, 6.45) is 3.84. The van der Waals surface area contributed by atoms with E-state index < -0.39 is 0 Å². The molecule has 0 unspecified atom stereocenters. The van der Waals surface area contributed by atoms with E-state index in [-0.39, 0.29) is 11.3 Å². The van der Waals surface area contributed by atoms with Crippen LogP contribution in [0.4, 0.5) is 0 Å². The molecule has 0 saturated heterocycles. The van der Waals surface area contributed by atoms with E-state index >= 15 is 0 Å². The first-order chi connectivity index (χ1) is 7.62. The molecule has 4 heteroatoms. The van der Waals surface area contributed by atoms with E-state index in [1.54, 1.807) is 0 Å². The Bertz CT molecular complexity index is 278. The van der Waals surface area contributed by atoms with Crippen molar-refractivity contribution in [3.63, 3.8) is 0 Å². The molecule has 1 aliphatic carbocycles. The molecular weight excluding hydrogens is 202 g/mol. The average molecular weight is 223 g/mol. The van der Waals surface area contributed by atoms with Gasteiger partial charge in [-0.15, -0.1) is 0 Å². The summed E-state index contributed by atoms with van der Waals surface area (Å²) < 4.78 is 0. The molecule has 0 atom stereocenters. The molecule has 1 saturated carbocycles. The Morgan fingerprint density at radius 3 is 2.75 bits per heavy atom. The number of rotatable bonds is 7. The molecule has 0 aromatic carbocycles. The minimum Gasteiger partial charge on any atom is -0.355 e. The van der Waals surface area contributed by atoms with Crippen molar-refractivity contribution in [2.75, 3.05) is 26.7 Å². The van der Waals surface area contributed by atoms with Crippen LogP contribution in [-0.4, -0.2) is 37.5 Å². The maximum absolute atomic E-state index is 11.5. The number of carbonyl (C=O) groups excluding carboxylic acids is 1. The lowest BCUT2D eigenvalue weighted by molar-refractivity contribution is -0.122. The van der Waals surface area contributed by atoms with Crippen LogP contribution in [0.15, 0.2) is 0 Å². The molecule has 1 rings (SSSR count). The predicted octanol–water partition coefficient (Wildman–Crippen LogP) is 1.14. The summed E-state index contributed by atoms with van der Waals surface area (Å²) >= 11 is 0. The quantitative estimate of drug-likeness (QED) is 0.704. The molecule has 1 aliphatic rings. The van der Waals surface area contributed by atoms with E-state index in [0.717, 1.165) is 32.4 Å². The maximum Gasteiger partial charge on any atom is 0.234 e. The Hall–Kier alpha value is -1.08. The lowest BCUT2D eigenvalue weighted by Crippen LogP contribution is -2.38. The number of nitrogens with one attached hydrogen (secondary N) is 1. The largest absolute Gasteiger partial charge is 0.355 e. The minimum atomic E-state index is 0.0807. The van der Waals surface area contributed by atoms with Gasteiger partial charge in [0.2, 0.25) is 5.91 Å². The number of nitriles is 1. The van der Waals surface area contributed by atoms with Gasteiger partial charge in [0.15, 0.2) is 0 Å². The van der Waals surface area contributed by atoms with Crippen molar-refractivity contribution < 1.29 is 4.79 Å². The van der Waals surface area contributed by atoms with Crippen molar-refractivity contribution in [1.82, 2.24) is 10.2 Å². The molecule has 0 aromatic rings. The standard InChI is InChI=1S/C12H21N3O/c1-3-8-14-11(16)9-15(2)10-12(4-5-12)6-7-13/h3-6,8-10H2,1-2H3,(H,14,16). The molecule has 0 bridgehead atoms. The zero-order chi connectivity index (χ0) is 12.0. The van der Waals surface area contributed by atoms with E-state index in [2.05, 4.69) is 11.4 Å². The summed E-state index contributed by atoms with van der Waals surface area (Å²) in [7, 11) is 1.95. The number of hydrogen-bond acceptors (Lipinski definition) is 3. The first kappa shape index (κ1) is 13.0. The van der Waals surface area contributed by atoms with Gasteiger partial charge in [-0.2, -0.15) is 5.26 Å². The van der Waals surface area contributed by atoms with Gasteiger partial charge in [0.1, 0.15) is 0 Å². The Morgan fingerprint density at radius 2 is 2.25 bits per heavy atom. The van der Waals surface area contributed by atoms with Gasteiger partial charge in [0, 0.05) is 19.5 Å². The summed E-state index contributed by atoms with van der Waals surface area (Å²) in [6, 6.07) is 2.24. The first-order valence-electron chi connectivity index (χ1n) is 5.94. The number of amides is 1. The van der Waals surface area contributed by atoms with E-state index in [1.807, 2.05) is 18.9 Å². The summed E-state index contributed by atoms with van der Waals surface area (Å²) in [5.41, 5.74) is 0.189. The number of carbonyl (C=O) groups is 1.